The van der Waals surface area contributed by atoms with Crippen LogP contribution in [0.3, 0.4) is 0 Å². The van der Waals surface area contributed by atoms with Crippen LogP contribution < -0.4 is 25.9 Å². The first-order chi connectivity index (χ1) is 32.3. The molecule has 0 spiro atoms. The van der Waals surface area contributed by atoms with Crippen molar-refractivity contribution < 1.29 is 9.47 Å². The van der Waals surface area contributed by atoms with E-state index in [9.17, 15) is 0 Å². The predicted octanol–water partition coefficient (Wildman–Crippen LogP) is 12.1. The smallest absolute Gasteiger partial charge is 0.260 e. The van der Waals surface area contributed by atoms with Crippen molar-refractivity contribution in [3.05, 3.63) is 193 Å². The molecule has 0 atom stereocenters. The van der Waals surface area contributed by atoms with Gasteiger partial charge in [0.15, 0.2) is 5.82 Å². The highest BCUT2D eigenvalue weighted by Crippen LogP contribution is 2.41. The summed E-state index contributed by atoms with van der Waals surface area (Å²) in [5.41, 5.74) is 11.9. The number of rotatable bonds is 7. The summed E-state index contributed by atoms with van der Waals surface area (Å²) in [5, 5.41) is 4.59. The van der Waals surface area contributed by atoms with Crippen LogP contribution in [0, 0.1) is 0 Å². The van der Waals surface area contributed by atoms with Crippen LogP contribution in [0.5, 0.6) is 23.0 Å². The number of hydrogen-bond acceptors (Lipinski definition) is 5. The highest BCUT2D eigenvalue weighted by Gasteiger charge is 2.41. The molecular weight excluding hydrogens is 809 g/mol. The number of ether oxygens (including phenoxy) is 2. The maximum absolute atomic E-state index is 6.70. The third kappa shape index (κ3) is 5.94. The van der Waals surface area contributed by atoms with Gasteiger partial charge in [0, 0.05) is 32.6 Å². The van der Waals surface area contributed by atoms with Crippen molar-refractivity contribution in [1.29, 1.82) is 0 Å². The molecule has 13 rings (SSSR count). The summed E-state index contributed by atoms with van der Waals surface area (Å²) in [4.78, 5) is 16.0. The van der Waals surface area contributed by atoms with Gasteiger partial charge in [-0.25, -0.2) is 0 Å². The lowest BCUT2D eigenvalue weighted by atomic mass is 9.35. The van der Waals surface area contributed by atoms with Crippen molar-refractivity contribution >= 4 is 66.7 Å². The molecule has 0 saturated carbocycles. The molecule has 2 aliphatic rings. The van der Waals surface area contributed by atoms with Crippen LogP contribution in [0.2, 0.25) is 0 Å². The fourth-order valence-electron chi connectivity index (χ4n) is 10.6. The van der Waals surface area contributed by atoms with Crippen LogP contribution >= 0.6 is 0 Å². The average molecular weight is 854 g/mol. The molecule has 11 aromatic rings. The second-order valence-electron chi connectivity index (χ2n) is 18.8. The molecule has 8 aromatic carbocycles. The van der Waals surface area contributed by atoms with Crippen molar-refractivity contribution in [3.8, 4) is 46.3 Å². The van der Waals surface area contributed by atoms with Crippen LogP contribution in [0.15, 0.2) is 176 Å². The van der Waals surface area contributed by atoms with E-state index in [0.717, 1.165) is 101 Å². The van der Waals surface area contributed by atoms with E-state index < -0.39 is 0 Å². The molecule has 0 saturated heterocycles. The molecule has 316 valence electrons. The van der Waals surface area contributed by atoms with Gasteiger partial charge >= 0.3 is 0 Å². The number of para-hydroxylation sites is 5. The minimum absolute atomic E-state index is 0.0468. The molecule has 7 nitrogen and oxygen atoms in total. The fraction of sp³-hybridized carbons (Fsp3) is 0.121. The Kier molecular flexibility index (Phi) is 8.47. The van der Waals surface area contributed by atoms with E-state index in [4.69, 9.17) is 24.4 Å². The van der Waals surface area contributed by atoms with Crippen LogP contribution in [-0.4, -0.2) is 30.8 Å². The van der Waals surface area contributed by atoms with Gasteiger partial charge in [0.1, 0.15) is 23.0 Å². The first-order valence-corrected chi connectivity index (χ1v) is 22.9. The van der Waals surface area contributed by atoms with E-state index in [2.05, 4.69) is 201 Å². The zero-order valence-corrected chi connectivity index (χ0v) is 37.2. The fourth-order valence-corrected chi connectivity index (χ4v) is 10.6. The van der Waals surface area contributed by atoms with Gasteiger partial charge in [-0.1, -0.05) is 143 Å². The standard InChI is InChI=1S/C58H44BN5O2/c1-35(2)37-16-15-17-38(31-37)55-60-56(63-46-23-10-5-18-40(46)41-19-6-11-24-47(41)63)62-57(61-55)64-48-25-12-7-20-42(48)43-30-36(28-29-49(43)64)34-58(3,4)39-32-52-54-53(33-39)66-51-27-14-9-22-45(51)59(54)44-21-8-13-26-50(44)65-52/h5-33,35H,34H2,1-4H3. The van der Waals surface area contributed by atoms with Crippen LogP contribution in [0.25, 0.3) is 66.9 Å². The van der Waals surface area contributed by atoms with E-state index >= 15 is 0 Å². The Bertz CT molecular complexity index is 3670. The highest BCUT2D eigenvalue weighted by molar-refractivity contribution is 6.98. The van der Waals surface area contributed by atoms with Gasteiger partial charge in [0.2, 0.25) is 11.9 Å². The van der Waals surface area contributed by atoms with Crippen molar-refractivity contribution in [2.24, 2.45) is 0 Å². The molecule has 0 unspecified atom stereocenters. The summed E-state index contributed by atoms with van der Waals surface area (Å²) in [6, 6.07) is 62.3. The summed E-state index contributed by atoms with van der Waals surface area (Å²) < 4.78 is 17.8. The topological polar surface area (TPSA) is 67.0 Å². The second kappa shape index (κ2) is 14.5. The van der Waals surface area contributed by atoms with Crippen LogP contribution in [0.4, 0.5) is 0 Å². The maximum atomic E-state index is 6.70. The Balaban J connectivity index is 0.947. The first kappa shape index (κ1) is 38.5. The molecule has 3 aromatic heterocycles. The SMILES string of the molecule is CC(C)c1cccc(-c2nc(-n3c4ccccc4c4ccccc43)nc(-n3c4ccccc4c4cc(CC(C)(C)c5cc6c7c(c5)Oc5ccccc5B7c5ccccc5O6)ccc43)n2)c1. The van der Waals surface area contributed by atoms with Crippen molar-refractivity contribution in [2.75, 3.05) is 0 Å². The second-order valence-corrected chi connectivity index (χ2v) is 18.8. The summed E-state index contributed by atoms with van der Waals surface area (Å²) in [5.74, 6) is 5.62. The largest absolute Gasteiger partial charge is 0.458 e. The van der Waals surface area contributed by atoms with Gasteiger partial charge in [0.25, 0.3) is 6.71 Å². The van der Waals surface area contributed by atoms with E-state index in [0.29, 0.717) is 23.6 Å². The van der Waals surface area contributed by atoms with Gasteiger partial charge < -0.3 is 9.47 Å². The zero-order chi connectivity index (χ0) is 44.3. The molecule has 0 bridgehead atoms. The summed E-state index contributed by atoms with van der Waals surface area (Å²) in [7, 11) is 0. The van der Waals surface area contributed by atoms with E-state index in [1.165, 1.54) is 11.1 Å². The minimum Gasteiger partial charge on any atom is -0.458 e. The highest BCUT2D eigenvalue weighted by atomic mass is 16.5. The lowest BCUT2D eigenvalue weighted by molar-refractivity contribution is 0.454. The Morgan fingerprint density at radius 1 is 0.500 bits per heavy atom. The molecule has 0 fully saturated rings. The van der Waals surface area contributed by atoms with E-state index in [1.54, 1.807) is 0 Å². The summed E-state index contributed by atoms with van der Waals surface area (Å²) in [6.07, 6.45) is 0.789. The van der Waals surface area contributed by atoms with Gasteiger partial charge in [0.05, 0.1) is 22.1 Å². The van der Waals surface area contributed by atoms with E-state index in [1.807, 2.05) is 12.1 Å². The minimum atomic E-state index is -0.279. The quantitative estimate of drug-likeness (QED) is 0.149. The Morgan fingerprint density at radius 3 is 1.59 bits per heavy atom. The number of hydrogen-bond donors (Lipinski definition) is 0. The summed E-state index contributed by atoms with van der Waals surface area (Å²) >= 11 is 0. The van der Waals surface area contributed by atoms with Crippen LogP contribution in [-0.2, 0) is 11.8 Å². The van der Waals surface area contributed by atoms with Crippen molar-refractivity contribution in [3.63, 3.8) is 0 Å². The molecule has 0 amide bonds. The van der Waals surface area contributed by atoms with Crippen molar-refractivity contribution in [2.45, 2.75) is 45.4 Å². The van der Waals surface area contributed by atoms with Gasteiger partial charge in [-0.05, 0) is 106 Å². The average Bonchev–Trinajstić information content (AvgIpc) is 3.86. The third-order valence-electron chi connectivity index (χ3n) is 13.9. The Hall–Kier alpha value is -7.97. The summed E-state index contributed by atoms with van der Waals surface area (Å²) in [6.45, 7) is 9.11. The molecular formula is C58H44BN5O2. The lowest BCUT2D eigenvalue weighted by Crippen LogP contribution is -2.57. The normalized spacial score (nSPS) is 13.0. The van der Waals surface area contributed by atoms with Crippen molar-refractivity contribution in [1.82, 2.24) is 24.1 Å². The monoisotopic (exact) mass is 853 g/mol. The van der Waals surface area contributed by atoms with Gasteiger partial charge in [-0.3, -0.25) is 9.13 Å². The third-order valence-corrected chi connectivity index (χ3v) is 13.9. The lowest BCUT2D eigenvalue weighted by Gasteiger charge is -2.35. The molecule has 66 heavy (non-hydrogen) atoms. The molecule has 0 aliphatic carbocycles. The molecule has 2 aliphatic heterocycles. The number of nitrogens with zero attached hydrogens (tertiary/aromatic N) is 5. The molecule has 5 heterocycles. The zero-order valence-electron chi connectivity index (χ0n) is 37.2. The Morgan fingerprint density at radius 2 is 1.02 bits per heavy atom. The Labute approximate surface area is 383 Å². The maximum Gasteiger partial charge on any atom is 0.260 e. The van der Waals surface area contributed by atoms with Gasteiger partial charge in [-0.2, -0.15) is 15.0 Å². The first-order valence-electron chi connectivity index (χ1n) is 22.9. The van der Waals surface area contributed by atoms with Gasteiger partial charge in [-0.15, -0.1) is 0 Å². The molecule has 0 radical (unpaired) electrons. The molecule has 0 N–H and O–H groups in total. The number of benzene rings is 8. The predicted molar refractivity (Wildman–Crippen MR) is 269 cm³/mol. The number of fused-ring (bicyclic) bond motifs is 10. The van der Waals surface area contributed by atoms with Crippen LogP contribution in [0.1, 0.15) is 50.3 Å². The number of aromatic nitrogens is 5. The molecule has 8 heteroatoms. The van der Waals surface area contributed by atoms with E-state index in [-0.39, 0.29) is 12.1 Å².